The van der Waals surface area contributed by atoms with E-state index in [1.54, 1.807) is 18.2 Å². The molecule has 0 radical (unpaired) electrons. The van der Waals surface area contributed by atoms with Crippen molar-refractivity contribution in [2.75, 3.05) is 5.73 Å². The second-order valence-electron chi connectivity index (χ2n) is 2.59. The predicted octanol–water partition coefficient (Wildman–Crippen LogP) is -0.161. The molecule has 0 unspecified atom stereocenters. The molecule has 0 amide bonds. The number of nitrogens with two attached hydrogens (primary N) is 1. The molecule has 0 bridgehead atoms. The average Bonchev–Trinajstić information content (AvgIpc) is 2.13. The molecular formula is C6H15N3O9S2. The number of anilines is 1. The van der Waals surface area contributed by atoms with E-state index < -0.39 is 20.8 Å². The minimum absolute atomic E-state index is 0. The van der Waals surface area contributed by atoms with Crippen molar-refractivity contribution in [2.24, 2.45) is 0 Å². The van der Waals surface area contributed by atoms with E-state index in [4.69, 9.17) is 19.9 Å². The quantitative estimate of drug-likeness (QED) is 0.182. The lowest BCUT2D eigenvalue weighted by atomic mass is 10.3. The highest BCUT2D eigenvalue weighted by molar-refractivity contribution is 7.83. The lowest BCUT2D eigenvalue weighted by molar-refractivity contribution is -0.105. The number of nitrogen functional groups attached to an aromatic ring is 1. The molecular weight excluding hydrogens is 322 g/mol. The standard InChI is InChI=1S/C6H7NO.2H3N.H2O8S2/c7-5-2-1-3-6(8)4-5;;;1-9(2,3)7-8-10(4,5)6/h1-4,8H,7H2;2*1H3;(H,1,2,3)(H,4,5,6). The monoisotopic (exact) mass is 337 g/mol. The number of phenols is 1. The number of aromatic hydroxyl groups is 1. The minimum atomic E-state index is -5.02. The first-order valence-electron chi connectivity index (χ1n) is 3.87. The van der Waals surface area contributed by atoms with Crippen molar-refractivity contribution in [3.05, 3.63) is 24.3 Å². The summed E-state index contributed by atoms with van der Waals surface area (Å²) < 4.78 is 58.9. The third-order valence-corrected chi connectivity index (χ3v) is 1.64. The first kappa shape index (κ1) is 23.6. The maximum Gasteiger partial charge on any atom is 0.425 e. The van der Waals surface area contributed by atoms with Crippen LogP contribution in [0.15, 0.2) is 24.3 Å². The van der Waals surface area contributed by atoms with Crippen molar-refractivity contribution >= 4 is 26.5 Å². The Hall–Kier alpha value is -1.52. The molecule has 1 aromatic rings. The van der Waals surface area contributed by atoms with Gasteiger partial charge in [-0.25, -0.2) is 0 Å². The van der Waals surface area contributed by atoms with E-state index in [-0.39, 0.29) is 18.1 Å². The minimum Gasteiger partial charge on any atom is -0.508 e. The Bertz CT molecular complexity index is 536. The van der Waals surface area contributed by atoms with E-state index in [0.717, 1.165) is 0 Å². The first-order valence-corrected chi connectivity index (χ1v) is 6.60. The highest BCUT2D eigenvalue weighted by Gasteiger charge is 2.13. The van der Waals surface area contributed by atoms with Crippen LogP contribution in [0.1, 0.15) is 0 Å². The molecule has 20 heavy (non-hydrogen) atoms. The van der Waals surface area contributed by atoms with Gasteiger partial charge in [-0.2, -0.15) is 16.8 Å². The molecule has 0 heterocycles. The summed E-state index contributed by atoms with van der Waals surface area (Å²) in [6.45, 7) is 0. The SMILES string of the molecule is N.N.Nc1cccc(O)c1.O=S(=O)(O)OOS(=O)(=O)O. The normalized spacial score (nSPS) is 10.3. The van der Waals surface area contributed by atoms with E-state index in [1.165, 1.54) is 6.07 Å². The summed E-state index contributed by atoms with van der Waals surface area (Å²) in [4.78, 5) is 0. The lowest BCUT2D eigenvalue weighted by Crippen LogP contribution is -2.10. The molecule has 0 aliphatic carbocycles. The summed E-state index contributed by atoms with van der Waals surface area (Å²) in [6, 6.07) is 6.50. The highest BCUT2D eigenvalue weighted by Crippen LogP contribution is 2.10. The summed E-state index contributed by atoms with van der Waals surface area (Å²) in [7, 11) is -10.0. The van der Waals surface area contributed by atoms with Crippen molar-refractivity contribution in [2.45, 2.75) is 0 Å². The van der Waals surface area contributed by atoms with E-state index in [2.05, 4.69) is 8.67 Å². The Labute approximate surface area is 115 Å². The summed E-state index contributed by atoms with van der Waals surface area (Å²) in [5.74, 6) is 0.213. The smallest absolute Gasteiger partial charge is 0.425 e. The molecule has 12 nitrogen and oxygen atoms in total. The van der Waals surface area contributed by atoms with Crippen LogP contribution in [0.4, 0.5) is 5.69 Å². The van der Waals surface area contributed by atoms with Crippen LogP contribution in [0.5, 0.6) is 5.75 Å². The molecule has 0 aliphatic rings. The van der Waals surface area contributed by atoms with E-state index >= 15 is 0 Å². The van der Waals surface area contributed by atoms with Crippen molar-refractivity contribution < 1.29 is 39.7 Å². The van der Waals surface area contributed by atoms with E-state index in [0.29, 0.717) is 5.69 Å². The molecule has 0 atom stereocenters. The Balaban J connectivity index is -0.000000266. The molecule has 0 aliphatic heterocycles. The van der Waals surface area contributed by atoms with E-state index in [9.17, 15) is 16.8 Å². The number of hydrogen-bond acceptors (Lipinski definition) is 10. The van der Waals surface area contributed by atoms with Crippen molar-refractivity contribution in [3.8, 4) is 5.75 Å². The molecule has 0 saturated heterocycles. The maximum absolute atomic E-state index is 9.51. The van der Waals surface area contributed by atoms with Gasteiger partial charge in [0.05, 0.1) is 0 Å². The Morgan fingerprint density at radius 3 is 1.55 bits per heavy atom. The molecule has 120 valence electrons. The summed E-state index contributed by atoms with van der Waals surface area (Å²) in [6.07, 6.45) is 0. The summed E-state index contributed by atoms with van der Waals surface area (Å²) in [5, 5.41) is 8.73. The Morgan fingerprint density at radius 1 is 0.950 bits per heavy atom. The van der Waals surface area contributed by atoms with Crippen molar-refractivity contribution in [1.29, 1.82) is 0 Å². The second kappa shape index (κ2) is 9.39. The third kappa shape index (κ3) is 16.5. The van der Waals surface area contributed by atoms with Crippen molar-refractivity contribution in [1.82, 2.24) is 12.3 Å². The number of benzene rings is 1. The van der Waals surface area contributed by atoms with Gasteiger partial charge in [0.25, 0.3) is 0 Å². The lowest BCUT2D eigenvalue weighted by Gasteiger charge is -1.92. The van der Waals surface area contributed by atoms with E-state index in [1.807, 2.05) is 0 Å². The van der Waals surface area contributed by atoms with Gasteiger partial charge in [0.15, 0.2) is 0 Å². The fourth-order valence-electron chi connectivity index (χ4n) is 0.595. The number of rotatable bonds is 3. The molecule has 11 N–H and O–H groups in total. The molecule has 1 aromatic carbocycles. The largest absolute Gasteiger partial charge is 0.508 e. The van der Waals surface area contributed by atoms with Crippen LogP contribution >= 0.6 is 0 Å². The van der Waals surface area contributed by atoms with Gasteiger partial charge >= 0.3 is 20.8 Å². The summed E-state index contributed by atoms with van der Waals surface area (Å²) >= 11 is 0. The van der Waals surface area contributed by atoms with Crippen LogP contribution in [0, 0.1) is 0 Å². The topological polar surface area (TPSA) is 243 Å². The predicted molar refractivity (Wildman–Crippen MR) is 67.8 cm³/mol. The molecule has 0 fully saturated rings. The van der Waals surface area contributed by atoms with Gasteiger partial charge in [-0.1, -0.05) is 14.7 Å². The number of hydrogen-bond donors (Lipinski definition) is 6. The van der Waals surface area contributed by atoms with Crippen LogP contribution in [0.2, 0.25) is 0 Å². The van der Waals surface area contributed by atoms with Gasteiger partial charge < -0.3 is 23.1 Å². The Morgan fingerprint density at radius 2 is 1.35 bits per heavy atom. The highest BCUT2D eigenvalue weighted by atomic mass is 32.3. The third-order valence-electron chi connectivity index (χ3n) is 1.07. The van der Waals surface area contributed by atoms with Gasteiger partial charge in [0.1, 0.15) is 5.75 Å². The van der Waals surface area contributed by atoms with Gasteiger partial charge in [0.2, 0.25) is 0 Å². The van der Waals surface area contributed by atoms with Crippen LogP contribution in [0.25, 0.3) is 0 Å². The molecule has 0 saturated carbocycles. The van der Waals surface area contributed by atoms with Crippen LogP contribution in [-0.2, 0) is 29.5 Å². The number of phenolic OH excluding ortho intramolecular Hbond substituents is 1. The Kier molecular flexibility index (Phi) is 11.1. The zero-order valence-electron chi connectivity index (χ0n) is 9.91. The van der Waals surface area contributed by atoms with Gasteiger partial charge in [0, 0.05) is 11.8 Å². The molecule has 1 rings (SSSR count). The van der Waals surface area contributed by atoms with Gasteiger partial charge in [-0.3, -0.25) is 9.11 Å². The van der Waals surface area contributed by atoms with Crippen LogP contribution < -0.4 is 18.0 Å². The van der Waals surface area contributed by atoms with Gasteiger partial charge in [-0.15, -0.1) is 0 Å². The first-order chi connectivity index (χ1) is 7.99. The molecule has 14 heteroatoms. The zero-order chi connectivity index (χ0) is 14.4. The molecule has 0 spiro atoms. The zero-order valence-corrected chi connectivity index (χ0v) is 11.5. The summed E-state index contributed by atoms with van der Waals surface area (Å²) in [5.41, 5.74) is 5.89. The maximum atomic E-state index is 9.51. The second-order valence-corrected chi connectivity index (χ2v) is 4.57. The average molecular weight is 337 g/mol. The van der Waals surface area contributed by atoms with Crippen LogP contribution in [0.3, 0.4) is 0 Å². The van der Waals surface area contributed by atoms with Gasteiger partial charge in [-0.05, 0) is 12.1 Å². The van der Waals surface area contributed by atoms with Crippen molar-refractivity contribution in [3.63, 3.8) is 0 Å². The van der Waals surface area contributed by atoms with Crippen LogP contribution in [-0.4, -0.2) is 31.0 Å². The molecule has 0 aromatic heterocycles. The fraction of sp³-hybridized carbons (Fsp3) is 0. The fourth-order valence-corrected chi connectivity index (χ4v) is 1.16.